The molecular weight excluding hydrogens is 309 g/mol. The molecule has 1 saturated carbocycles. The number of anilines is 1. The van der Waals surface area contributed by atoms with E-state index in [9.17, 15) is 14.0 Å². The summed E-state index contributed by atoms with van der Waals surface area (Å²) in [4.78, 5) is 26.6. The average molecular weight is 333 g/mol. The summed E-state index contributed by atoms with van der Waals surface area (Å²) >= 11 is 0. The summed E-state index contributed by atoms with van der Waals surface area (Å²) in [5.41, 5.74) is 0.155. The van der Waals surface area contributed by atoms with Crippen molar-refractivity contribution in [1.29, 1.82) is 0 Å². The van der Waals surface area contributed by atoms with Crippen molar-refractivity contribution in [1.82, 2.24) is 10.2 Å². The molecule has 0 spiro atoms. The number of hydrogen-bond acceptors (Lipinski definition) is 2. The standard InChI is InChI=1S/C18H24FN3O2/c19-14-9-4-5-10-15(14)21-17(23)16-11-6-12-22(16)18(24)20-13-7-2-1-3-8-13/h4-5,9-10,13,16H,1-3,6-8,11-12H2,(H,20,24)(H,21,23)/t16-/m1/s1. The zero-order valence-electron chi connectivity index (χ0n) is 13.8. The second kappa shape index (κ2) is 7.64. The highest BCUT2D eigenvalue weighted by Gasteiger charge is 2.35. The summed E-state index contributed by atoms with van der Waals surface area (Å²) in [5.74, 6) is -0.793. The van der Waals surface area contributed by atoms with Crippen molar-refractivity contribution in [2.24, 2.45) is 0 Å². The third-order valence-electron chi connectivity index (χ3n) is 4.88. The fraction of sp³-hybridized carbons (Fsp3) is 0.556. The molecule has 24 heavy (non-hydrogen) atoms. The Morgan fingerprint density at radius 3 is 2.54 bits per heavy atom. The molecule has 1 heterocycles. The lowest BCUT2D eigenvalue weighted by Gasteiger charge is -2.29. The average Bonchev–Trinajstić information content (AvgIpc) is 3.08. The van der Waals surface area contributed by atoms with Gasteiger partial charge in [0.2, 0.25) is 5.91 Å². The first kappa shape index (κ1) is 16.7. The minimum absolute atomic E-state index is 0.155. The van der Waals surface area contributed by atoms with Crippen LogP contribution < -0.4 is 10.6 Å². The van der Waals surface area contributed by atoms with Gasteiger partial charge >= 0.3 is 6.03 Å². The van der Waals surface area contributed by atoms with Crippen LogP contribution in [-0.2, 0) is 4.79 Å². The van der Waals surface area contributed by atoms with E-state index in [4.69, 9.17) is 0 Å². The van der Waals surface area contributed by atoms with Crippen LogP contribution in [0.25, 0.3) is 0 Å². The van der Waals surface area contributed by atoms with E-state index in [0.717, 1.165) is 32.1 Å². The number of halogens is 1. The van der Waals surface area contributed by atoms with E-state index in [-0.39, 0.29) is 23.7 Å². The molecule has 0 bridgehead atoms. The second-order valence-electron chi connectivity index (χ2n) is 6.60. The molecule has 130 valence electrons. The third-order valence-corrected chi connectivity index (χ3v) is 4.88. The number of nitrogens with zero attached hydrogens (tertiary/aromatic N) is 1. The Hall–Kier alpha value is -2.11. The normalized spacial score (nSPS) is 21.5. The van der Waals surface area contributed by atoms with Crippen molar-refractivity contribution in [2.75, 3.05) is 11.9 Å². The van der Waals surface area contributed by atoms with E-state index in [0.29, 0.717) is 13.0 Å². The lowest BCUT2D eigenvalue weighted by atomic mass is 9.96. The lowest BCUT2D eigenvalue weighted by molar-refractivity contribution is -0.119. The molecule has 0 radical (unpaired) electrons. The minimum atomic E-state index is -0.534. The molecule has 1 saturated heterocycles. The minimum Gasteiger partial charge on any atom is -0.335 e. The molecule has 1 aliphatic heterocycles. The van der Waals surface area contributed by atoms with Gasteiger partial charge in [-0.3, -0.25) is 4.79 Å². The first-order valence-corrected chi connectivity index (χ1v) is 8.77. The van der Waals surface area contributed by atoms with E-state index < -0.39 is 11.9 Å². The summed E-state index contributed by atoms with van der Waals surface area (Å²) in [7, 11) is 0. The number of carbonyl (C=O) groups is 2. The van der Waals surface area contributed by atoms with Crippen LogP contribution in [0.4, 0.5) is 14.9 Å². The molecule has 1 aromatic carbocycles. The molecule has 0 aromatic heterocycles. The summed E-state index contributed by atoms with van der Waals surface area (Å²) in [6.45, 7) is 0.563. The summed E-state index contributed by atoms with van der Waals surface area (Å²) in [5, 5.41) is 5.66. The maximum Gasteiger partial charge on any atom is 0.318 e. The molecule has 3 amide bonds. The van der Waals surface area contributed by atoms with Gasteiger partial charge in [0.25, 0.3) is 0 Å². The van der Waals surface area contributed by atoms with E-state index in [1.807, 2.05) is 0 Å². The van der Waals surface area contributed by atoms with E-state index >= 15 is 0 Å². The molecule has 1 aliphatic carbocycles. The van der Waals surface area contributed by atoms with Crippen LogP contribution in [0.2, 0.25) is 0 Å². The Bertz CT molecular complexity index is 602. The largest absolute Gasteiger partial charge is 0.335 e. The zero-order valence-corrected chi connectivity index (χ0v) is 13.8. The van der Waals surface area contributed by atoms with Crippen molar-refractivity contribution < 1.29 is 14.0 Å². The van der Waals surface area contributed by atoms with Crippen LogP contribution in [0.1, 0.15) is 44.9 Å². The molecule has 0 unspecified atom stereocenters. The Morgan fingerprint density at radius 2 is 1.79 bits per heavy atom. The number of likely N-dealkylation sites (tertiary alicyclic amines) is 1. The first-order valence-electron chi connectivity index (χ1n) is 8.77. The van der Waals surface area contributed by atoms with Crippen molar-refractivity contribution in [3.05, 3.63) is 30.1 Å². The quantitative estimate of drug-likeness (QED) is 0.892. The van der Waals surface area contributed by atoms with Gasteiger partial charge in [0, 0.05) is 12.6 Å². The highest BCUT2D eigenvalue weighted by atomic mass is 19.1. The Kier molecular flexibility index (Phi) is 5.33. The Morgan fingerprint density at radius 1 is 1.04 bits per heavy atom. The van der Waals surface area contributed by atoms with Crippen molar-refractivity contribution in [3.8, 4) is 0 Å². The molecular formula is C18H24FN3O2. The summed E-state index contributed by atoms with van der Waals surface area (Å²) in [6.07, 6.45) is 6.91. The monoisotopic (exact) mass is 333 g/mol. The highest BCUT2D eigenvalue weighted by molar-refractivity contribution is 5.97. The number of amides is 3. The Labute approximate surface area is 141 Å². The molecule has 2 N–H and O–H groups in total. The Balaban J connectivity index is 1.60. The van der Waals surface area contributed by atoms with Gasteiger partial charge in [-0.15, -0.1) is 0 Å². The summed E-state index contributed by atoms with van der Waals surface area (Å²) < 4.78 is 13.7. The van der Waals surface area contributed by atoms with Crippen molar-refractivity contribution in [2.45, 2.75) is 57.0 Å². The zero-order chi connectivity index (χ0) is 16.9. The van der Waals surface area contributed by atoms with Gasteiger partial charge in [0.15, 0.2) is 0 Å². The van der Waals surface area contributed by atoms with E-state index in [1.165, 1.54) is 18.6 Å². The SMILES string of the molecule is O=C(Nc1ccccc1F)[C@H]1CCCN1C(=O)NC1CCCCC1. The van der Waals surface area contributed by atoms with Gasteiger partial charge in [-0.05, 0) is 37.8 Å². The van der Waals surface area contributed by atoms with Crippen molar-refractivity contribution >= 4 is 17.6 Å². The maximum atomic E-state index is 13.7. The fourth-order valence-electron chi connectivity index (χ4n) is 3.57. The van der Waals surface area contributed by atoms with E-state index in [1.54, 1.807) is 17.0 Å². The molecule has 2 fully saturated rings. The van der Waals surface area contributed by atoms with Gasteiger partial charge in [0.1, 0.15) is 11.9 Å². The van der Waals surface area contributed by atoms with Gasteiger partial charge < -0.3 is 15.5 Å². The number of benzene rings is 1. The van der Waals surface area contributed by atoms with Crippen LogP contribution in [0.5, 0.6) is 0 Å². The molecule has 1 aromatic rings. The second-order valence-corrected chi connectivity index (χ2v) is 6.60. The lowest BCUT2D eigenvalue weighted by Crippen LogP contribution is -2.50. The number of rotatable bonds is 3. The van der Waals surface area contributed by atoms with Gasteiger partial charge in [-0.2, -0.15) is 0 Å². The third kappa shape index (κ3) is 3.86. The molecule has 5 nitrogen and oxygen atoms in total. The number of urea groups is 1. The fourth-order valence-corrected chi connectivity index (χ4v) is 3.57. The van der Waals surface area contributed by atoms with Crippen LogP contribution in [-0.4, -0.2) is 35.5 Å². The number of nitrogens with one attached hydrogen (secondary N) is 2. The van der Waals surface area contributed by atoms with E-state index in [2.05, 4.69) is 10.6 Å². The number of para-hydroxylation sites is 1. The van der Waals surface area contributed by atoms with Crippen LogP contribution in [0.15, 0.2) is 24.3 Å². The number of hydrogen-bond donors (Lipinski definition) is 2. The molecule has 1 atom stereocenters. The molecule has 3 rings (SSSR count). The topological polar surface area (TPSA) is 61.4 Å². The number of carbonyl (C=O) groups excluding carboxylic acids is 2. The predicted octanol–water partition coefficient (Wildman–Crippen LogP) is 3.27. The smallest absolute Gasteiger partial charge is 0.318 e. The first-order chi connectivity index (χ1) is 11.6. The van der Waals surface area contributed by atoms with Gasteiger partial charge in [-0.25, -0.2) is 9.18 Å². The predicted molar refractivity (Wildman–Crippen MR) is 90.2 cm³/mol. The van der Waals surface area contributed by atoms with Crippen molar-refractivity contribution in [3.63, 3.8) is 0 Å². The maximum absolute atomic E-state index is 13.7. The highest BCUT2D eigenvalue weighted by Crippen LogP contribution is 2.22. The van der Waals surface area contributed by atoms with Gasteiger partial charge in [-0.1, -0.05) is 31.4 Å². The summed E-state index contributed by atoms with van der Waals surface area (Å²) in [6, 6.07) is 5.57. The molecule has 6 heteroatoms. The van der Waals surface area contributed by atoms with Crippen LogP contribution in [0, 0.1) is 5.82 Å². The van der Waals surface area contributed by atoms with Crippen LogP contribution in [0.3, 0.4) is 0 Å². The van der Waals surface area contributed by atoms with Crippen LogP contribution >= 0.6 is 0 Å². The van der Waals surface area contributed by atoms with Gasteiger partial charge in [0.05, 0.1) is 5.69 Å². The molecule has 2 aliphatic rings.